The van der Waals surface area contributed by atoms with E-state index in [0.717, 1.165) is 25.4 Å². The Morgan fingerprint density at radius 2 is 1.95 bits per heavy atom. The van der Waals surface area contributed by atoms with Gasteiger partial charge in [0.2, 0.25) is 0 Å². The highest BCUT2D eigenvalue weighted by atomic mass is 16.5. The molecule has 0 aliphatic heterocycles. The average molecular weight is 299 g/mol. The summed E-state index contributed by atoms with van der Waals surface area (Å²) in [7, 11) is 0. The Bertz CT molecular complexity index is 304. The zero-order valence-corrected chi connectivity index (χ0v) is 14.0. The first-order chi connectivity index (χ1) is 10.0. The van der Waals surface area contributed by atoms with E-state index in [1.165, 1.54) is 32.1 Å². The SMILES string of the molecule is CCOC(=O)C(C)(N)CCCCOC1CCCCC1CC. The molecule has 0 bridgehead atoms. The van der Waals surface area contributed by atoms with Crippen molar-refractivity contribution in [3.63, 3.8) is 0 Å². The number of rotatable bonds is 9. The van der Waals surface area contributed by atoms with E-state index < -0.39 is 5.54 Å². The van der Waals surface area contributed by atoms with Crippen LogP contribution >= 0.6 is 0 Å². The van der Waals surface area contributed by atoms with E-state index in [1.54, 1.807) is 13.8 Å². The van der Waals surface area contributed by atoms with Gasteiger partial charge in [0, 0.05) is 6.61 Å². The molecule has 2 N–H and O–H groups in total. The highest BCUT2D eigenvalue weighted by molar-refractivity contribution is 5.79. The molecule has 0 amide bonds. The van der Waals surface area contributed by atoms with Gasteiger partial charge in [0.25, 0.3) is 0 Å². The molecular formula is C17H33NO3. The quantitative estimate of drug-likeness (QED) is 0.523. The number of unbranched alkanes of at least 4 members (excludes halogenated alkanes) is 1. The largest absolute Gasteiger partial charge is 0.465 e. The van der Waals surface area contributed by atoms with Crippen molar-refractivity contribution >= 4 is 5.97 Å². The third kappa shape index (κ3) is 6.35. The van der Waals surface area contributed by atoms with Gasteiger partial charge in [-0.15, -0.1) is 0 Å². The van der Waals surface area contributed by atoms with Crippen molar-refractivity contribution in [2.24, 2.45) is 11.7 Å². The van der Waals surface area contributed by atoms with E-state index in [2.05, 4.69) is 6.92 Å². The summed E-state index contributed by atoms with van der Waals surface area (Å²) < 4.78 is 11.0. The first-order valence-corrected chi connectivity index (χ1v) is 8.59. The third-order valence-corrected chi connectivity index (χ3v) is 4.53. The Kier molecular flexibility index (Phi) is 8.27. The molecule has 124 valence electrons. The van der Waals surface area contributed by atoms with Gasteiger partial charge < -0.3 is 15.2 Å². The lowest BCUT2D eigenvalue weighted by Gasteiger charge is -2.31. The zero-order chi connectivity index (χ0) is 15.7. The predicted octanol–water partition coefficient (Wildman–Crippen LogP) is 3.42. The van der Waals surface area contributed by atoms with E-state index in [4.69, 9.17) is 15.2 Å². The van der Waals surface area contributed by atoms with Gasteiger partial charge in [-0.05, 0) is 51.9 Å². The molecule has 1 saturated carbocycles. The van der Waals surface area contributed by atoms with Gasteiger partial charge in [-0.1, -0.05) is 26.2 Å². The van der Waals surface area contributed by atoms with Gasteiger partial charge in [-0.3, -0.25) is 4.79 Å². The smallest absolute Gasteiger partial charge is 0.325 e. The summed E-state index contributed by atoms with van der Waals surface area (Å²) in [4.78, 5) is 11.7. The minimum Gasteiger partial charge on any atom is -0.465 e. The molecule has 4 heteroatoms. The van der Waals surface area contributed by atoms with Gasteiger partial charge in [0.05, 0.1) is 12.7 Å². The van der Waals surface area contributed by atoms with Crippen LogP contribution in [-0.4, -0.2) is 30.8 Å². The standard InChI is InChI=1S/C17H33NO3/c1-4-14-10-6-7-11-15(14)21-13-9-8-12-17(3,18)16(19)20-5-2/h14-15H,4-13,18H2,1-3H3. The summed E-state index contributed by atoms with van der Waals surface area (Å²) in [6, 6.07) is 0. The fourth-order valence-corrected chi connectivity index (χ4v) is 3.09. The van der Waals surface area contributed by atoms with Crippen molar-refractivity contribution < 1.29 is 14.3 Å². The van der Waals surface area contributed by atoms with Gasteiger partial charge in [0.15, 0.2) is 0 Å². The molecule has 0 heterocycles. The number of nitrogens with two attached hydrogens (primary N) is 1. The molecule has 1 aliphatic rings. The van der Waals surface area contributed by atoms with Crippen molar-refractivity contribution in [2.45, 2.75) is 83.8 Å². The van der Waals surface area contributed by atoms with E-state index in [-0.39, 0.29) is 5.97 Å². The molecule has 0 saturated heterocycles. The van der Waals surface area contributed by atoms with Crippen LogP contribution in [0.2, 0.25) is 0 Å². The molecule has 0 spiro atoms. The highest BCUT2D eigenvalue weighted by Crippen LogP contribution is 2.29. The molecular weight excluding hydrogens is 266 g/mol. The second-order valence-corrected chi connectivity index (χ2v) is 6.46. The van der Waals surface area contributed by atoms with Crippen LogP contribution in [0.1, 0.15) is 72.1 Å². The van der Waals surface area contributed by atoms with Crippen LogP contribution in [-0.2, 0) is 14.3 Å². The molecule has 0 radical (unpaired) electrons. The Hall–Kier alpha value is -0.610. The van der Waals surface area contributed by atoms with Crippen LogP contribution in [0.3, 0.4) is 0 Å². The maximum absolute atomic E-state index is 11.7. The molecule has 3 unspecified atom stereocenters. The Balaban J connectivity index is 2.17. The van der Waals surface area contributed by atoms with Crippen molar-refractivity contribution in [1.82, 2.24) is 0 Å². The monoisotopic (exact) mass is 299 g/mol. The van der Waals surface area contributed by atoms with Crippen LogP contribution < -0.4 is 5.73 Å². The molecule has 0 aromatic rings. The third-order valence-electron chi connectivity index (χ3n) is 4.53. The second-order valence-electron chi connectivity index (χ2n) is 6.46. The summed E-state index contributed by atoms with van der Waals surface area (Å²) in [6.45, 7) is 6.97. The molecule has 1 aliphatic carbocycles. The maximum atomic E-state index is 11.7. The fraction of sp³-hybridized carbons (Fsp3) is 0.941. The minimum atomic E-state index is -0.868. The highest BCUT2D eigenvalue weighted by Gasteiger charge is 2.29. The number of hydrogen-bond acceptors (Lipinski definition) is 4. The second kappa shape index (κ2) is 9.42. The Morgan fingerprint density at radius 1 is 1.24 bits per heavy atom. The van der Waals surface area contributed by atoms with Crippen LogP contribution in [0.5, 0.6) is 0 Å². The normalized spacial score (nSPS) is 25.3. The average Bonchev–Trinajstić information content (AvgIpc) is 2.47. The number of hydrogen-bond donors (Lipinski definition) is 1. The van der Waals surface area contributed by atoms with E-state index in [0.29, 0.717) is 19.1 Å². The number of ether oxygens (including phenoxy) is 2. The summed E-state index contributed by atoms with van der Waals surface area (Å²) in [5.41, 5.74) is 5.13. The number of carbonyl (C=O) groups excluding carboxylic acids is 1. The summed E-state index contributed by atoms with van der Waals surface area (Å²) >= 11 is 0. The molecule has 3 atom stereocenters. The van der Waals surface area contributed by atoms with Crippen LogP contribution in [0.4, 0.5) is 0 Å². The van der Waals surface area contributed by atoms with Gasteiger partial charge in [0.1, 0.15) is 5.54 Å². The van der Waals surface area contributed by atoms with Crippen molar-refractivity contribution in [2.75, 3.05) is 13.2 Å². The molecule has 4 nitrogen and oxygen atoms in total. The van der Waals surface area contributed by atoms with E-state index in [9.17, 15) is 4.79 Å². The fourth-order valence-electron chi connectivity index (χ4n) is 3.09. The van der Waals surface area contributed by atoms with Gasteiger partial charge >= 0.3 is 5.97 Å². The maximum Gasteiger partial charge on any atom is 0.325 e. The Morgan fingerprint density at radius 3 is 2.62 bits per heavy atom. The first kappa shape index (κ1) is 18.4. The van der Waals surface area contributed by atoms with Crippen LogP contribution in [0.15, 0.2) is 0 Å². The van der Waals surface area contributed by atoms with Gasteiger partial charge in [-0.2, -0.15) is 0 Å². The van der Waals surface area contributed by atoms with Crippen molar-refractivity contribution in [3.8, 4) is 0 Å². The predicted molar refractivity (Wildman–Crippen MR) is 85.1 cm³/mol. The van der Waals surface area contributed by atoms with Crippen LogP contribution in [0, 0.1) is 5.92 Å². The topological polar surface area (TPSA) is 61.5 Å². The van der Waals surface area contributed by atoms with E-state index >= 15 is 0 Å². The number of esters is 1. The summed E-state index contributed by atoms with van der Waals surface area (Å²) in [6.07, 6.45) is 9.33. The van der Waals surface area contributed by atoms with Crippen LogP contribution in [0.25, 0.3) is 0 Å². The van der Waals surface area contributed by atoms with Crippen molar-refractivity contribution in [1.29, 1.82) is 0 Å². The lowest BCUT2D eigenvalue weighted by molar-refractivity contribution is -0.149. The molecule has 21 heavy (non-hydrogen) atoms. The lowest BCUT2D eigenvalue weighted by Crippen LogP contribution is -2.46. The summed E-state index contributed by atoms with van der Waals surface area (Å²) in [5, 5.41) is 0. The van der Waals surface area contributed by atoms with E-state index in [1.807, 2.05) is 0 Å². The molecule has 1 rings (SSSR count). The van der Waals surface area contributed by atoms with Gasteiger partial charge in [-0.25, -0.2) is 0 Å². The first-order valence-electron chi connectivity index (χ1n) is 8.59. The minimum absolute atomic E-state index is 0.302. The molecule has 0 aromatic heterocycles. The lowest BCUT2D eigenvalue weighted by atomic mass is 9.85. The number of carbonyl (C=O) groups is 1. The zero-order valence-electron chi connectivity index (χ0n) is 14.0. The molecule has 0 aromatic carbocycles. The Labute approximate surface area is 129 Å². The van der Waals surface area contributed by atoms with Crippen molar-refractivity contribution in [3.05, 3.63) is 0 Å². The summed E-state index contributed by atoms with van der Waals surface area (Å²) in [5.74, 6) is 0.433. The molecule has 1 fully saturated rings.